The van der Waals surface area contributed by atoms with Crippen LogP contribution in [0, 0.1) is 10.1 Å². The Hall–Kier alpha value is -4.47. The molecule has 10 nitrogen and oxygen atoms in total. The summed E-state index contributed by atoms with van der Waals surface area (Å²) in [5.74, 6) is 1.17. The Morgan fingerprint density at radius 1 is 0.872 bits per heavy atom. The first-order valence-corrected chi connectivity index (χ1v) is 12.7. The van der Waals surface area contributed by atoms with Gasteiger partial charge in [0.25, 0.3) is 5.69 Å². The summed E-state index contributed by atoms with van der Waals surface area (Å²) in [6.07, 6.45) is 4.67. The number of nitrogens with one attached hydrogen (secondary N) is 2. The number of hydrogen-bond acceptors (Lipinski definition) is 7. The molecule has 0 saturated heterocycles. The number of ether oxygens (including phenoxy) is 1. The molecule has 0 fully saturated rings. The first-order chi connectivity index (χ1) is 18.5. The molecule has 0 radical (unpaired) electrons. The van der Waals surface area contributed by atoms with Gasteiger partial charge in [0.2, 0.25) is 17.7 Å². The number of carbonyl (C=O) groups excluding carboxylic acids is 2. The van der Waals surface area contributed by atoms with Gasteiger partial charge >= 0.3 is 0 Å². The smallest absolute Gasteiger partial charge is 0.287 e. The molecule has 0 aliphatic carbocycles. The van der Waals surface area contributed by atoms with E-state index in [1.54, 1.807) is 12.1 Å². The zero-order chi connectivity index (χ0) is 28.8. The van der Waals surface area contributed by atoms with Crippen molar-refractivity contribution < 1.29 is 24.4 Å². The molecule has 208 valence electrons. The molecule has 1 heterocycles. The van der Waals surface area contributed by atoms with Crippen molar-refractivity contribution in [3.8, 4) is 17.4 Å². The number of phenols is 1. The summed E-state index contributed by atoms with van der Waals surface area (Å²) >= 11 is 0. The Kier molecular flexibility index (Phi) is 12.4. The van der Waals surface area contributed by atoms with Crippen molar-refractivity contribution in [2.45, 2.75) is 65.5 Å². The van der Waals surface area contributed by atoms with Crippen LogP contribution in [0.5, 0.6) is 17.4 Å². The second-order valence-corrected chi connectivity index (χ2v) is 9.30. The molecule has 2 amide bonds. The highest BCUT2D eigenvalue weighted by Gasteiger charge is 2.08. The van der Waals surface area contributed by atoms with Gasteiger partial charge in [-0.1, -0.05) is 24.3 Å². The summed E-state index contributed by atoms with van der Waals surface area (Å²) in [6.45, 7) is 6.99. The number of carbonyl (C=O) groups is 2. The molecule has 0 aliphatic heterocycles. The Bertz CT molecular complexity index is 1200. The minimum absolute atomic E-state index is 0.00760. The highest BCUT2D eigenvalue weighted by atomic mass is 16.6. The van der Waals surface area contributed by atoms with E-state index in [2.05, 4.69) is 15.6 Å². The first-order valence-electron chi connectivity index (χ1n) is 12.7. The van der Waals surface area contributed by atoms with E-state index < -0.39 is 4.92 Å². The average Bonchev–Trinajstić information content (AvgIpc) is 2.88. The monoisotopic (exact) mass is 536 g/mol. The van der Waals surface area contributed by atoms with Crippen molar-refractivity contribution in [1.29, 1.82) is 0 Å². The van der Waals surface area contributed by atoms with E-state index in [4.69, 9.17) is 9.84 Å². The number of aryl methyl sites for hydroxylation is 2. The molecule has 0 aliphatic rings. The summed E-state index contributed by atoms with van der Waals surface area (Å²) in [4.78, 5) is 35.7. The predicted molar refractivity (Wildman–Crippen MR) is 149 cm³/mol. The molecule has 0 bridgehead atoms. The average molecular weight is 537 g/mol. The van der Waals surface area contributed by atoms with Crippen LogP contribution in [0.2, 0.25) is 0 Å². The normalized spacial score (nSPS) is 11.8. The second kappa shape index (κ2) is 15.7. The molecule has 2 atom stereocenters. The largest absolute Gasteiger partial charge is 0.508 e. The highest BCUT2D eigenvalue weighted by molar-refractivity contribution is 5.73. The third-order valence-electron chi connectivity index (χ3n) is 5.65. The van der Waals surface area contributed by atoms with Gasteiger partial charge in [-0.2, -0.15) is 0 Å². The number of hydrogen-bond donors (Lipinski definition) is 3. The van der Waals surface area contributed by atoms with E-state index >= 15 is 0 Å². The standard InChI is InChI=1S/C17H19N3O4.C12H17NO2/c1-12(19-13(2)21)3-4-14-5-8-16(9-6-14)24-17-10-7-15(11-18-17)20(22)23;1-9(13-10(2)14)3-4-11-5-7-12(15)8-6-11/h5-12H,3-4H2,1-2H3,(H,19,21);5-9,15H,3-4H2,1-2H3,(H,13,14)/t12-;9-/m00/s1. The number of nitrogens with zero attached hydrogens (tertiary/aromatic N) is 2. The van der Waals surface area contributed by atoms with Crippen LogP contribution in [-0.2, 0) is 22.4 Å². The second-order valence-electron chi connectivity index (χ2n) is 9.30. The zero-order valence-electron chi connectivity index (χ0n) is 22.7. The molecule has 10 heteroatoms. The molecule has 39 heavy (non-hydrogen) atoms. The maximum atomic E-state index is 11.0. The van der Waals surface area contributed by atoms with Crippen LogP contribution in [0.3, 0.4) is 0 Å². The fourth-order valence-corrected chi connectivity index (χ4v) is 3.65. The predicted octanol–water partition coefficient (Wildman–Crippen LogP) is 5.09. The van der Waals surface area contributed by atoms with Crippen LogP contribution in [-0.4, -0.2) is 38.9 Å². The summed E-state index contributed by atoms with van der Waals surface area (Å²) in [5, 5.41) is 25.4. The number of amides is 2. The van der Waals surface area contributed by atoms with Gasteiger partial charge in [0.15, 0.2) is 0 Å². The van der Waals surface area contributed by atoms with Gasteiger partial charge in [0, 0.05) is 38.1 Å². The lowest BCUT2D eigenvalue weighted by atomic mass is 10.1. The highest BCUT2D eigenvalue weighted by Crippen LogP contribution is 2.22. The number of benzene rings is 2. The lowest BCUT2D eigenvalue weighted by Gasteiger charge is -2.12. The van der Waals surface area contributed by atoms with Crippen molar-refractivity contribution >= 4 is 17.5 Å². The van der Waals surface area contributed by atoms with Crippen LogP contribution < -0.4 is 15.4 Å². The summed E-state index contributed by atoms with van der Waals surface area (Å²) in [7, 11) is 0. The SMILES string of the molecule is CC(=O)N[C@@H](C)CCc1ccc(O)cc1.CC(=O)N[C@@H](C)CCc1ccc(Oc2ccc([N+](=O)[O-])cn2)cc1. The molecule has 1 aromatic heterocycles. The Labute approximate surface area is 228 Å². The quantitative estimate of drug-likeness (QED) is 0.229. The molecule has 3 rings (SSSR count). The third-order valence-corrected chi connectivity index (χ3v) is 5.65. The maximum Gasteiger partial charge on any atom is 0.287 e. The number of pyridine rings is 1. The lowest BCUT2D eigenvalue weighted by molar-refractivity contribution is -0.385. The van der Waals surface area contributed by atoms with Crippen LogP contribution in [0.25, 0.3) is 0 Å². The van der Waals surface area contributed by atoms with Crippen LogP contribution in [0.15, 0.2) is 66.9 Å². The molecular formula is C29H36N4O6. The number of aromatic hydroxyl groups is 1. The summed E-state index contributed by atoms with van der Waals surface area (Å²) in [6, 6.07) is 17.8. The van der Waals surface area contributed by atoms with Crippen molar-refractivity contribution in [1.82, 2.24) is 15.6 Å². The van der Waals surface area contributed by atoms with E-state index in [-0.39, 0.29) is 35.3 Å². The van der Waals surface area contributed by atoms with Gasteiger partial charge in [-0.05, 0) is 74.9 Å². The van der Waals surface area contributed by atoms with E-state index in [1.807, 2.05) is 50.2 Å². The Morgan fingerprint density at radius 3 is 1.77 bits per heavy atom. The van der Waals surface area contributed by atoms with Crippen LogP contribution >= 0.6 is 0 Å². The molecule has 0 unspecified atom stereocenters. The van der Waals surface area contributed by atoms with E-state index in [0.29, 0.717) is 11.6 Å². The molecule has 3 N–H and O–H groups in total. The van der Waals surface area contributed by atoms with Gasteiger partial charge < -0.3 is 20.5 Å². The van der Waals surface area contributed by atoms with Crippen molar-refractivity contribution in [3.63, 3.8) is 0 Å². The number of rotatable bonds is 11. The van der Waals surface area contributed by atoms with Crippen molar-refractivity contribution in [3.05, 3.63) is 88.1 Å². The van der Waals surface area contributed by atoms with E-state index in [1.165, 1.54) is 31.5 Å². The first kappa shape index (κ1) is 30.8. The number of phenolic OH excluding ortho intramolecular Hbond substituents is 1. The molecule has 2 aromatic carbocycles. The van der Waals surface area contributed by atoms with Gasteiger partial charge in [0.05, 0.1) is 4.92 Å². The summed E-state index contributed by atoms with van der Waals surface area (Å²) < 4.78 is 5.56. The Balaban J connectivity index is 0.000000306. The fraction of sp³-hybridized carbons (Fsp3) is 0.345. The molecule has 0 spiro atoms. The third kappa shape index (κ3) is 12.6. The maximum absolute atomic E-state index is 11.0. The van der Waals surface area contributed by atoms with Crippen molar-refractivity contribution in [2.75, 3.05) is 0 Å². The molecule has 0 saturated carbocycles. The topological polar surface area (TPSA) is 144 Å². The summed E-state index contributed by atoms with van der Waals surface area (Å²) in [5.41, 5.74) is 2.23. The Morgan fingerprint density at radius 2 is 1.36 bits per heavy atom. The van der Waals surface area contributed by atoms with E-state index in [0.717, 1.165) is 37.4 Å². The van der Waals surface area contributed by atoms with Crippen LogP contribution in [0.1, 0.15) is 51.7 Å². The zero-order valence-corrected chi connectivity index (χ0v) is 22.7. The minimum atomic E-state index is -0.506. The van der Waals surface area contributed by atoms with Crippen molar-refractivity contribution in [2.24, 2.45) is 0 Å². The number of aromatic nitrogens is 1. The lowest BCUT2D eigenvalue weighted by Crippen LogP contribution is -2.30. The minimum Gasteiger partial charge on any atom is -0.508 e. The van der Waals surface area contributed by atoms with Gasteiger partial charge in [-0.3, -0.25) is 19.7 Å². The number of nitro groups is 1. The fourth-order valence-electron chi connectivity index (χ4n) is 3.65. The van der Waals surface area contributed by atoms with E-state index in [9.17, 15) is 19.7 Å². The molecule has 3 aromatic rings. The molecular weight excluding hydrogens is 500 g/mol. The van der Waals surface area contributed by atoms with Gasteiger partial charge in [0.1, 0.15) is 17.7 Å². The van der Waals surface area contributed by atoms with Crippen LogP contribution in [0.4, 0.5) is 5.69 Å². The van der Waals surface area contributed by atoms with Gasteiger partial charge in [-0.25, -0.2) is 4.98 Å². The van der Waals surface area contributed by atoms with Gasteiger partial charge in [-0.15, -0.1) is 0 Å².